The molecule has 1 heterocycles. The third kappa shape index (κ3) is 6.47. The zero-order valence-electron chi connectivity index (χ0n) is 8.03. The van der Waals surface area contributed by atoms with Crippen molar-refractivity contribution in [1.82, 2.24) is 4.90 Å². The molecule has 1 aliphatic rings. The molecule has 4 nitrogen and oxygen atoms in total. The average molecular weight is 247 g/mol. The topological polar surface area (TPSA) is 57.6 Å². The van der Waals surface area contributed by atoms with Crippen LogP contribution in [0.15, 0.2) is 12.2 Å². The second-order valence-electron chi connectivity index (χ2n) is 2.94. The van der Waals surface area contributed by atoms with Crippen LogP contribution in [-0.4, -0.2) is 43.5 Å². The molecule has 0 aromatic carbocycles. The lowest BCUT2D eigenvalue weighted by atomic mass is 10.3. The highest BCUT2D eigenvalue weighted by Crippen LogP contribution is 2.20. The predicted octanol–water partition coefficient (Wildman–Crippen LogP) is 1.27. The monoisotopic (exact) mass is 247 g/mol. The van der Waals surface area contributed by atoms with Crippen molar-refractivity contribution in [3.8, 4) is 0 Å². The second kappa shape index (κ2) is 5.47. The van der Waals surface area contributed by atoms with Gasteiger partial charge < -0.3 is 4.90 Å². The maximum Gasteiger partial charge on any atom is 0.522 e. The first kappa shape index (κ1) is 14.4. The van der Waals surface area contributed by atoms with Crippen molar-refractivity contribution < 1.29 is 26.1 Å². The van der Waals surface area contributed by atoms with E-state index in [0.29, 0.717) is 0 Å². The molecule has 1 aliphatic heterocycles. The molecule has 0 amide bonds. The summed E-state index contributed by atoms with van der Waals surface area (Å²) in [5.41, 5.74) is -5.53. The van der Waals surface area contributed by atoms with Crippen LogP contribution in [0.5, 0.6) is 0 Å². The van der Waals surface area contributed by atoms with Crippen LogP contribution in [0.25, 0.3) is 0 Å². The van der Waals surface area contributed by atoms with Crippen molar-refractivity contribution in [2.75, 3.05) is 20.1 Å². The molecular weight excluding hydrogens is 235 g/mol. The van der Waals surface area contributed by atoms with Crippen LogP contribution in [0.4, 0.5) is 13.2 Å². The van der Waals surface area contributed by atoms with Gasteiger partial charge in [-0.2, -0.15) is 21.6 Å². The van der Waals surface area contributed by atoms with Crippen molar-refractivity contribution in [2.24, 2.45) is 0 Å². The van der Waals surface area contributed by atoms with Gasteiger partial charge in [-0.3, -0.25) is 4.55 Å². The minimum Gasteiger partial charge on any atom is -0.302 e. The van der Waals surface area contributed by atoms with Crippen LogP contribution in [0, 0.1) is 0 Å². The highest BCUT2D eigenvalue weighted by Gasteiger charge is 2.44. The number of halogens is 3. The summed E-state index contributed by atoms with van der Waals surface area (Å²) >= 11 is 0. The highest BCUT2D eigenvalue weighted by molar-refractivity contribution is 7.86. The molecule has 0 radical (unpaired) electrons. The van der Waals surface area contributed by atoms with Gasteiger partial charge in [-0.05, 0) is 13.5 Å². The first-order valence-electron chi connectivity index (χ1n) is 4.02. The maximum absolute atomic E-state index is 10.7. The SMILES string of the molecule is CN1CC=CCC1.O=S(=O)(O)C(F)(F)F. The normalized spacial score (nSPS) is 18.2. The Morgan fingerprint density at radius 3 is 1.93 bits per heavy atom. The molecule has 90 valence electrons. The second-order valence-corrected chi connectivity index (χ2v) is 4.36. The number of likely N-dealkylation sites (N-methyl/N-ethyl adjacent to an activating group) is 1. The summed E-state index contributed by atoms with van der Waals surface area (Å²) < 4.78 is 57.5. The van der Waals surface area contributed by atoms with Crippen molar-refractivity contribution in [3.05, 3.63) is 12.2 Å². The first-order chi connectivity index (χ1) is 6.64. The summed E-state index contributed by atoms with van der Waals surface area (Å²) in [4.78, 5) is 2.31. The molecule has 0 spiro atoms. The summed E-state index contributed by atoms with van der Waals surface area (Å²) in [7, 11) is -3.70. The molecule has 0 atom stereocenters. The molecule has 0 bridgehead atoms. The Morgan fingerprint density at radius 2 is 1.80 bits per heavy atom. The van der Waals surface area contributed by atoms with Crippen LogP contribution in [0.2, 0.25) is 0 Å². The van der Waals surface area contributed by atoms with Gasteiger partial charge in [0.05, 0.1) is 0 Å². The molecule has 0 aromatic rings. The molecule has 0 fully saturated rings. The smallest absolute Gasteiger partial charge is 0.302 e. The molecule has 15 heavy (non-hydrogen) atoms. The number of hydrogen-bond donors (Lipinski definition) is 1. The van der Waals surface area contributed by atoms with Gasteiger partial charge in [0, 0.05) is 13.1 Å². The van der Waals surface area contributed by atoms with E-state index in [4.69, 9.17) is 13.0 Å². The van der Waals surface area contributed by atoms with E-state index in [0.717, 1.165) is 6.54 Å². The van der Waals surface area contributed by atoms with Crippen LogP contribution in [0.3, 0.4) is 0 Å². The minimum atomic E-state index is -5.84. The van der Waals surface area contributed by atoms with Gasteiger partial charge in [0.2, 0.25) is 0 Å². The van der Waals surface area contributed by atoms with Crippen LogP contribution in [0.1, 0.15) is 6.42 Å². The summed E-state index contributed by atoms with van der Waals surface area (Å²) in [5.74, 6) is 0. The van der Waals surface area contributed by atoms with Crippen LogP contribution >= 0.6 is 0 Å². The third-order valence-corrected chi connectivity index (χ3v) is 2.14. The Balaban J connectivity index is 0.000000262. The Bertz CT molecular complexity index is 310. The summed E-state index contributed by atoms with van der Waals surface area (Å²) in [6.45, 7) is 2.37. The minimum absolute atomic E-state index is 1.14. The highest BCUT2D eigenvalue weighted by atomic mass is 32.2. The Hall–Kier alpha value is -0.600. The average Bonchev–Trinajstić information content (AvgIpc) is 2.02. The lowest BCUT2D eigenvalue weighted by Gasteiger charge is -2.15. The molecular formula is C7H12F3NO3S. The molecule has 0 unspecified atom stereocenters. The quantitative estimate of drug-likeness (QED) is 0.398. The van der Waals surface area contributed by atoms with Crippen LogP contribution < -0.4 is 0 Å². The summed E-state index contributed by atoms with van der Waals surface area (Å²) in [6.07, 6.45) is 5.68. The lowest BCUT2D eigenvalue weighted by Crippen LogP contribution is -2.21. The Labute approximate surface area is 86.1 Å². The van der Waals surface area contributed by atoms with Crippen molar-refractivity contribution in [1.29, 1.82) is 0 Å². The number of nitrogens with zero attached hydrogens (tertiary/aromatic N) is 1. The number of hydrogen-bond acceptors (Lipinski definition) is 3. The summed E-state index contributed by atoms with van der Waals surface area (Å²) in [6, 6.07) is 0. The van der Waals surface area contributed by atoms with Crippen LogP contribution in [-0.2, 0) is 10.1 Å². The van der Waals surface area contributed by atoms with E-state index in [2.05, 4.69) is 24.1 Å². The van der Waals surface area contributed by atoms with E-state index in [1.165, 1.54) is 13.0 Å². The van der Waals surface area contributed by atoms with Gasteiger partial charge in [0.1, 0.15) is 0 Å². The van der Waals surface area contributed by atoms with Gasteiger partial charge in [-0.15, -0.1) is 0 Å². The van der Waals surface area contributed by atoms with E-state index < -0.39 is 15.6 Å². The van der Waals surface area contributed by atoms with E-state index >= 15 is 0 Å². The molecule has 8 heteroatoms. The first-order valence-corrected chi connectivity index (χ1v) is 5.46. The maximum atomic E-state index is 10.7. The van der Waals surface area contributed by atoms with Gasteiger partial charge >= 0.3 is 15.6 Å². The molecule has 0 saturated carbocycles. The number of rotatable bonds is 0. The molecule has 0 saturated heterocycles. The summed E-state index contributed by atoms with van der Waals surface area (Å²) in [5, 5.41) is 0. The van der Waals surface area contributed by atoms with E-state index in [-0.39, 0.29) is 0 Å². The third-order valence-electron chi connectivity index (χ3n) is 1.55. The van der Waals surface area contributed by atoms with E-state index in [1.807, 2.05) is 0 Å². The molecule has 0 aromatic heterocycles. The fourth-order valence-electron chi connectivity index (χ4n) is 0.759. The molecule has 1 rings (SSSR count). The fourth-order valence-corrected chi connectivity index (χ4v) is 0.759. The Kier molecular flexibility index (Phi) is 5.26. The van der Waals surface area contributed by atoms with Crippen molar-refractivity contribution >= 4 is 10.1 Å². The van der Waals surface area contributed by atoms with E-state index in [9.17, 15) is 13.2 Å². The standard InChI is InChI=1S/C6H11N.CHF3O3S/c1-7-5-3-2-4-6-7;2-1(3,4)8(5,6)7/h2-3H,4-6H2,1H3;(H,5,6,7). The van der Waals surface area contributed by atoms with Gasteiger partial charge in [-0.1, -0.05) is 12.2 Å². The Morgan fingerprint density at radius 1 is 1.33 bits per heavy atom. The zero-order chi connectivity index (χ0) is 12.1. The van der Waals surface area contributed by atoms with Gasteiger partial charge in [0.25, 0.3) is 0 Å². The fraction of sp³-hybridized carbons (Fsp3) is 0.714. The van der Waals surface area contributed by atoms with Gasteiger partial charge in [-0.25, -0.2) is 0 Å². The van der Waals surface area contributed by atoms with E-state index in [1.54, 1.807) is 0 Å². The molecule has 0 aliphatic carbocycles. The largest absolute Gasteiger partial charge is 0.522 e. The number of alkyl halides is 3. The van der Waals surface area contributed by atoms with Crippen molar-refractivity contribution in [3.63, 3.8) is 0 Å². The van der Waals surface area contributed by atoms with Gasteiger partial charge in [0.15, 0.2) is 0 Å². The predicted molar refractivity (Wildman–Crippen MR) is 48.9 cm³/mol. The van der Waals surface area contributed by atoms with Crippen molar-refractivity contribution in [2.45, 2.75) is 11.9 Å². The molecule has 1 N–H and O–H groups in total. The lowest BCUT2D eigenvalue weighted by molar-refractivity contribution is -0.0510. The zero-order valence-corrected chi connectivity index (χ0v) is 8.85.